The lowest BCUT2D eigenvalue weighted by Crippen LogP contribution is -2.36. The number of allylic oxidation sites excluding steroid dienone is 2. The number of benzene rings is 2. The summed E-state index contributed by atoms with van der Waals surface area (Å²) in [6, 6.07) is 14.5. The highest BCUT2D eigenvalue weighted by Gasteiger charge is 2.28. The van der Waals surface area contributed by atoms with E-state index in [1.807, 2.05) is 23.1 Å². The van der Waals surface area contributed by atoms with Gasteiger partial charge in [0.05, 0.1) is 16.8 Å². The molecule has 4 heteroatoms. The second kappa shape index (κ2) is 7.65. The standard InChI is InChI=1S/C23H24N2OS/c1-16-13-17(2)21-20(14-16)27-23(24-21)25(15-18-9-5-3-6-10-18)22(26)19-11-7-4-8-12-19/h3-7,9-10,13-14,19H,8,11-12,15H2,1-2H3. The summed E-state index contributed by atoms with van der Waals surface area (Å²) in [6.45, 7) is 4.76. The Balaban J connectivity index is 1.73. The van der Waals surface area contributed by atoms with Crippen LogP contribution < -0.4 is 4.90 Å². The first-order valence-electron chi connectivity index (χ1n) is 9.50. The van der Waals surface area contributed by atoms with E-state index >= 15 is 0 Å². The molecular weight excluding hydrogens is 352 g/mol. The van der Waals surface area contributed by atoms with Crippen LogP contribution in [0.1, 0.15) is 36.0 Å². The van der Waals surface area contributed by atoms with Crippen molar-refractivity contribution >= 4 is 32.6 Å². The molecule has 1 aromatic heterocycles. The summed E-state index contributed by atoms with van der Waals surface area (Å²) in [4.78, 5) is 20.2. The molecule has 0 spiro atoms. The van der Waals surface area contributed by atoms with Crippen molar-refractivity contribution in [1.82, 2.24) is 4.98 Å². The number of anilines is 1. The van der Waals surface area contributed by atoms with Crippen molar-refractivity contribution in [3.63, 3.8) is 0 Å². The maximum atomic E-state index is 13.4. The zero-order valence-corrected chi connectivity index (χ0v) is 16.6. The Kier molecular flexibility index (Phi) is 5.08. The first-order valence-corrected chi connectivity index (χ1v) is 10.3. The number of thiazole rings is 1. The molecule has 2 aromatic carbocycles. The number of amides is 1. The van der Waals surface area contributed by atoms with Gasteiger partial charge in [0.25, 0.3) is 0 Å². The highest BCUT2D eigenvalue weighted by Crippen LogP contribution is 2.34. The average Bonchev–Trinajstić information content (AvgIpc) is 3.11. The van der Waals surface area contributed by atoms with Gasteiger partial charge in [-0.2, -0.15) is 0 Å². The summed E-state index contributed by atoms with van der Waals surface area (Å²) in [5.74, 6) is 0.241. The van der Waals surface area contributed by atoms with Crippen LogP contribution in [0.2, 0.25) is 0 Å². The molecular formula is C23H24N2OS. The van der Waals surface area contributed by atoms with Crippen molar-refractivity contribution < 1.29 is 4.79 Å². The van der Waals surface area contributed by atoms with Crippen LogP contribution in [0.25, 0.3) is 10.2 Å². The van der Waals surface area contributed by atoms with Gasteiger partial charge in [-0.1, -0.05) is 59.9 Å². The minimum absolute atomic E-state index is 0.0496. The van der Waals surface area contributed by atoms with Crippen LogP contribution >= 0.6 is 11.3 Å². The molecule has 1 atom stereocenters. The first-order chi connectivity index (χ1) is 13.1. The van der Waals surface area contributed by atoms with Crippen LogP contribution in [0.3, 0.4) is 0 Å². The van der Waals surface area contributed by atoms with Crippen molar-refractivity contribution in [2.45, 2.75) is 39.7 Å². The summed E-state index contributed by atoms with van der Waals surface area (Å²) in [5.41, 5.74) is 4.54. The summed E-state index contributed by atoms with van der Waals surface area (Å²) in [7, 11) is 0. The zero-order chi connectivity index (χ0) is 18.8. The molecule has 27 heavy (non-hydrogen) atoms. The third-order valence-electron chi connectivity index (χ3n) is 5.12. The zero-order valence-electron chi connectivity index (χ0n) is 15.8. The topological polar surface area (TPSA) is 33.2 Å². The van der Waals surface area contributed by atoms with E-state index in [2.05, 4.69) is 50.3 Å². The van der Waals surface area contributed by atoms with Gasteiger partial charge in [-0.25, -0.2) is 4.98 Å². The Morgan fingerprint density at radius 2 is 2.00 bits per heavy atom. The van der Waals surface area contributed by atoms with E-state index < -0.39 is 0 Å². The molecule has 1 aliphatic carbocycles. The van der Waals surface area contributed by atoms with Gasteiger partial charge in [0.1, 0.15) is 0 Å². The van der Waals surface area contributed by atoms with Crippen LogP contribution in [0.15, 0.2) is 54.6 Å². The molecule has 1 unspecified atom stereocenters. The number of hydrogen-bond donors (Lipinski definition) is 0. The fourth-order valence-corrected chi connectivity index (χ4v) is 4.86. The Morgan fingerprint density at radius 1 is 1.19 bits per heavy atom. The maximum Gasteiger partial charge on any atom is 0.232 e. The average molecular weight is 377 g/mol. The second-order valence-electron chi connectivity index (χ2n) is 7.32. The lowest BCUT2D eigenvalue weighted by atomic mass is 9.93. The minimum Gasteiger partial charge on any atom is -0.283 e. The van der Waals surface area contributed by atoms with E-state index in [0.29, 0.717) is 6.54 Å². The third-order valence-corrected chi connectivity index (χ3v) is 6.14. The van der Waals surface area contributed by atoms with Gasteiger partial charge < -0.3 is 0 Å². The minimum atomic E-state index is 0.0496. The van der Waals surface area contributed by atoms with Crippen molar-refractivity contribution in [2.24, 2.45) is 5.92 Å². The van der Waals surface area contributed by atoms with Gasteiger partial charge in [0.15, 0.2) is 5.13 Å². The first kappa shape index (κ1) is 17.9. The summed E-state index contributed by atoms with van der Waals surface area (Å²) in [6.07, 6.45) is 7.04. The predicted molar refractivity (Wildman–Crippen MR) is 113 cm³/mol. The molecule has 1 heterocycles. The van der Waals surface area contributed by atoms with E-state index in [0.717, 1.165) is 40.2 Å². The van der Waals surface area contributed by atoms with Crippen LogP contribution in [-0.2, 0) is 11.3 Å². The molecule has 0 aliphatic heterocycles. The molecule has 3 nitrogen and oxygen atoms in total. The number of aryl methyl sites for hydroxylation is 2. The number of rotatable bonds is 4. The quantitative estimate of drug-likeness (QED) is 0.539. The highest BCUT2D eigenvalue weighted by molar-refractivity contribution is 7.22. The fraction of sp³-hybridized carbons (Fsp3) is 0.304. The lowest BCUT2D eigenvalue weighted by molar-refractivity contribution is -0.122. The normalized spacial score (nSPS) is 16.6. The lowest BCUT2D eigenvalue weighted by Gasteiger charge is -2.26. The number of hydrogen-bond acceptors (Lipinski definition) is 3. The Labute approximate surface area is 164 Å². The van der Waals surface area contributed by atoms with Crippen LogP contribution in [0, 0.1) is 19.8 Å². The monoisotopic (exact) mass is 376 g/mol. The summed E-state index contributed by atoms with van der Waals surface area (Å²) in [5, 5.41) is 0.808. The Hall–Kier alpha value is -2.46. The second-order valence-corrected chi connectivity index (χ2v) is 8.33. The number of fused-ring (bicyclic) bond motifs is 1. The smallest absolute Gasteiger partial charge is 0.232 e. The van der Waals surface area contributed by atoms with Crippen LogP contribution in [0.5, 0.6) is 0 Å². The number of aromatic nitrogens is 1. The van der Waals surface area contributed by atoms with E-state index in [-0.39, 0.29) is 11.8 Å². The van der Waals surface area contributed by atoms with Gasteiger partial charge in [0, 0.05) is 5.92 Å². The molecule has 138 valence electrons. The third kappa shape index (κ3) is 3.81. The van der Waals surface area contributed by atoms with Gasteiger partial charge in [-0.3, -0.25) is 9.69 Å². The van der Waals surface area contributed by atoms with Crippen molar-refractivity contribution in [1.29, 1.82) is 0 Å². The highest BCUT2D eigenvalue weighted by atomic mass is 32.1. The van der Waals surface area contributed by atoms with E-state index in [1.165, 1.54) is 11.1 Å². The summed E-state index contributed by atoms with van der Waals surface area (Å²) >= 11 is 1.62. The van der Waals surface area contributed by atoms with E-state index in [4.69, 9.17) is 4.98 Å². The predicted octanol–water partition coefficient (Wildman–Crippen LogP) is 5.80. The van der Waals surface area contributed by atoms with Crippen LogP contribution in [0.4, 0.5) is 5.13 Å². The molecule has 0 bridgehead atoms. The maximum absolute atomic E-state index is 13.4. The Bertz CT molecular complexity index is 990. The van der Waals surface area contributed by atoms with Gasteiger partial charge >= 0.3 is 0 Å². The molecule has 0 saturated carbocycles. The van der Waals surface area contributed by atoms with E-state index in [9.17, 15) is 4.79 Å². The number of nitrogens with zero attached hydrogens (tertiary/aromatic N) is 2. The fourth-order valence-electron chi connectivity index (χ4n) is 3.72. The van der Waals surface area contributed by atoms with Gasteiger partial charge in [-0.05, 0) is 55.9 Å². The molecule has 1 aliphatic rings. The Morgan fingerprint density at radius 3 is 2.74 bits per heavy atom. The van der Waals surface area contributed by atoms with Crippen molar-refractivity contribution in [2.75, 3.05) is 4.90 Å². The van der Waals surface area contributed by atoms with Crippen molar-refractivity contribution in [3.8, 4) is 0 Å². The van der Waals surface area contributed by atoms with Crippen LogP contribution in [-0.4, -0.2) is 10.9 Å². The largest absolute Gasteiger partial charge is 0.283 e. The number of carbonyl (C=O) groups is 1. The molecule has 0 N–H and O–H groups in total. The SMILES string of the molecule is Cc1cc(C)c2nc(N(Cc3ccccc3)C(=O)C3CC=CCC3)sc2c1. The number of carbonyl (C=O) groups excluding carboxylic acids is 1. The molecule has 3 aromatic rings. The molecule has 0 saturated heterocycles. The van der Waals surface area contributed by atoms with Gasteiger partial charge in [0.2, 0.25) is 5.91 Å². The molecule has 0 fully saturated rings. The summed E-state index contributed by atoms with van der Waals surface area (Å²) < 4.78 is 1.15. The molecule has 1 amide bonds. The van der Waals surface area contributed by atoms with Crippen molar-refractivity contribution in [3.05, 3.63) is 71.3 Å². The van der Waals surface area contributed by atoms with E-state index in [1.54, 1.807) is 11.3 Å². The molecule has 4 rings (SSSR count). The molecule has 0 radical (unpaired) electrons. The van der Waals surface area contributed by atoms with Gasteiger partial charge in [-0.15, -0.1) is 0 Å².